The molecule has 0 bridgehead atoms. The Morgan fingerprint density at radius 1 is 1.21 bits per heavy atom. The average molecular weight is 345 g/mol. The summed E-state index contributed by atoms with van der Waals surface area (Å²) in [4.78, 5) is 12.2. The van der Waals surface area contributed by atoms with Gasteiger partial charge >= 0.3 is 5.97 Å². The predicted octanol–water partition coefficient (Wildman–Crippen LogP) is 3.76. The Hall–Kier alpha value is -2.86. The second-order valence-electron chi connectivity index (χ2n) is 4.85. The Balaban J connectivity index is 1.68. The quantitative estimate of drug-likeness (QED) is 0.656. The van der Waals surface area contributed by atoms with Crippen molar-refractivity contribution in [2.45, 2.75) is 6.61 Å². The zero-order chi connectivity index (χ0) is 16.9. The fraction of sp³-hybridized carbons (Fsp3) is 0.118. The largest absolute Gasteiger partial charge is 0.496 e. The second-order valence-corrected chi connectivity index (χ2v) is 5.29. The van der Waals surface area contributed by atoms with Gasteiger partial charge in [-0.15, -0.1) is 10.2 Å². The molecule has 0 aliphatic rings. The maximum absolute atomic E-state index is 12.2. The Kier molecular flexibility index (Phi) is 4.77. The van der Waals surface area contributed by atoms with Gasteiger partial charge in [0.05, 0.1) is 12.7 Å². The van der Waals surface area contributed by atoms with Gasteiger partial charge in [-0.1, -0.05) is 11.6 Å². The number of halogens is 1. The third-order valence-corrected chi connectivity index (χ3v) is 3.56. The molecule has 0 saturated heterocycles. The van der Waals surface area contributed by atoms with Crippen LogP contribution in [0.1, 0.15) is 15.9 Å². The Bertz CT molecular complexity index is 832. The van der Waals surface area contributed by atoms with E-state index in [2.05, 4.69) is 10.2 Å². The summed E-state index contributed by atoms with van der Waals surface area (Å²) >= 11 is 5.96. The van der Waals surface area contributed by atoms with Gasteiger partial charge in [-0.2, -0.15) is 0 Å². The molecule has 0 atom stereocenters. The van der Waals surface area contributed by atoms with Gasteiger partial charge in [0.25, 0.3) is 0 Å². The van der Waals surface area contributed by atoms with Crippen molar-refractivity contribution < 1.29 is 18.7 Å². The van der Waals surface area contributed by atoms with Crippen LogP contribution < -0.4 is 4.74 Å². The highest BCUT2D eigenvalue weighted by atomic mass is 35.5. The lowest BCUT2D eigenvalue weighted by Gasteiger charge is -2.10. The number of rotatable bonds is 5. The van der Waals surface area contributed by atoms with E-state index in [-0.39, 0.29) is 6.61 Å². The first-order valence-electron chi connectivity index (χ1n) is 7.03. The first-order chi connectivity index (χ1) is 11.7. The first kappa shape index (κ1) is 16.0. The molecule has 1 aromatic heterocycles. The fourth-order valence-corrected chi connectivity index (χ4v) is 2.33. The summed E-state index contributed by atoms with van der Waals surface area (Å²) in [6.45, 7) is 0.0635. The van der Waals surface area contributed by atoms with Crippen LogP contribution in [0.15, 0.2) is 53.3 Å². The van der Waals surface area contributed by atoms with Crippen LogP contribution in [0, 0.1) is 0 Å². The van der Waals surface area contributed by atoms with Crippen molar-refractivity contribution in [2.75, 3.05) is 7.11 Å². The average Bonchev–Trinajstić information content (AvgIpc) is 3.14. The van der Waals surface area contributed by atoms with Crippen molar-refractivity contribution in [3.8, 4) is 17.2 Å². The molecule has 0 fully saturated rings. The summed E-state index contributed by atoms with van der Waals surface area (Å²) in [6.07, 6.45) is 1.25. The normalized spacial score (nSPS) is 10.4. The van der Waals surface area contributed by atoms with Crippen molar-refractivity contribution in [1.29, 1.82) is 0 Å². The number of ether oxygens (including phenoxy) is 2. The minimum absolute atomic E-state index is 0.0635. The molecule has 2 aromatic carbocycles. The molecule has 6 nitrogen and oxygen atoms in total. The smallest absolute Gasteiger partial charge is 0.338 e. The Morgan fingerprint density at radius 3 is 2.67 bits per heavy atom. The van der Waals surface area contributed by atoms with Gasteiger partial charge in [-0.05, 0) is 42.5 Å². The van der Waals surface area contributed by atoms with E-state index in [4.69, 9.17) is 25.5 Å². The molecule has 0 N–H and O–H groups in total. The summed E-state index contributed by atoms with van der Waals surface area (Å²) in [5.41, 5.74) is 1.83. The minimum Gasteiger partial charge on any atom is -0.496 e. The second kappa shape index (κ2) is 7.14. The maximum Gasteiger partial charge on any atom is 0.338 e. The number of methoxy groups -OCH3 is 1. The molecule has 0 unspecified atom stereocenters. The van der Waals surface area contributed by atoms with Crippen molar-refractivity contribution in [1.82, 2.24) is 10.2 Å². The molecule has 0 aliphatic carbocycles. The van der Waals surface area contributed by atoms with Crippen LogP contribution in [0.2, 0.25) is 5.02 Å². The summed E-state index contributed by atoms with van der Waals surface area (Å²) < 4.78 is 15.6. The molecule has 0 aliphatic heterocycles. The van der Waals surface area contributed by atoms with E-state index in [0.717, 1.165) is 5.56 Å². The number of aromatic nitrogens is 2. The highest BCUT2D eigenvalue weighted by molar-refractivity contribution is 6.30. The molecular weight excluding hydrogens is 332 g/mol. The van der Waals surface area contributed by atoms with Gasteiger partial charge in [0, 0.05) is 16.1 Å². The van der Waals surface area contributed by atoms with E-state index in [0.29, 0.717) is 27.8 Å². The topological polar surface area (TPSA) is 74.5 Å². The molecular formula is C17H13ClN2O4. The maximum atomic E-state index is 12.2. The Morgan fingerprint density at radius 2 is 2.00 bits per heavy atom. The van der Waals surface area contributed by atoms with Crippen LogP contribution in [0.4, 0.5) is 0 Å². The highest BCUT2D eigenvalue weighted by Gasteiger charge is 2.11. The lowest BCUT2D eigenvalue weighted by Crippen LogP contribution is -2.06. The lowest BCUT2D eigenvalue weighted by molar-refractivity contribution is 0.0470. The van der Waals surface area contributed by atoms with Crippen molar-refractivity contribution in [3.63, 3.8) is 0 Å². The summed E-state index contributed by atoms with van der Waals surface area (Å²) in [5.74, 6) is 0.548. The molecule has 3 aromatic rings. The third kappa shape index (κ3) is 3.55. The SMILES string of the molecule is COc1ccc(Cl)cc1COC(=O)c1ccc(-c2nnco2)cc1. The standard InChI is InChI=1S/C17H13ClN2O4/c1-22-15-7-6-14(18)8-13(15)9-23-17(21)12-4-2-11(3-5-12)16-20-19-10-24-16/h2-8,10H,9H2,1H3. The van der Waals surface area contributed by atoms with Crippen molar-refractivity contribution in [2.24, 2.45) is 0 Å². The van der Waals surface area contributed by atoms with E-state index in [9.17, 15) is 4.79 Å². The predicted molar refractivity (Wildman–Crippen MR) is 86.9 cm³/mol. The number of nitrogens with zero attached hydrogens (tertiary/aromatic N) is 2. The number of hydrogen-bond donors (Lipinski definition) is 0. The monoisotopic (exact) mass is 344 g/mol. The van der Waals surface area contributed by atoms with Crippen LogP contribution in [0.3, 0.4) is 0 Å². The van der Waals surface area contributed by atoms with E-state index >= 15 is 0 Å². The molecule has 0 amide bonds. The van der Waals surface area contributed by atoms with Crippen LogP contribution >= 0.6 is 11.6 Å². The minimum atomic E-state index is -0.450. The van der Waals surface area contributed by atoms with Crippen LogP contribution in [0.5, 0.6) is 5.75 Å². The molecule has 3 rings (SSSR count). The zero-order valence-corrected chi connectivity index (χ0v) is 13.5. The molecule has 7 heteroatoms. The van der Waals surface area contributed by atoms with E-state index in [1.54, 1.807) is 49.6 Å². The number of benzene rings is 2. The van der Waals surface area contributed by atoms with Gasteiger partial charge in [0.2, 0.25) is 12.3 Å². The summed E-state index contributed by atoms with van der Waals surface area (Å²) in [7, 11) is 1.55. The fourth-order valence-electron chi connectivity index (χ4n) is 2.13. The Labute approximate surface area is 143 Å². The summed E-state index contributed by atoms with van der Waals surface area (Å²) in [5, 5.41) is 7.96. The number of hydrogen-bond acceptors (Lipinski definition) is 6. The van der Waals surface area contributed by atoms with E-state index in [1.807, 2.05) is 0 Å². The van der Waals surface area contributed by atoms with Crippen LogP contribution in [0.25, 0.3) is 11.5 Å². The number of carbonyl (C=O) groups is 1. The van der Waals surface area contributed by atoms with Gasteiger partial charge in [-0.3, -0.25) is 0 Å². The van der Waals surface area contributed by atoms with Crippen LogP contribution in [-0.4, -0.2) is 23.3 Å². The molecule has 0 radical (unpaired) electrons. The van der Waals surface area contributed by atoms with E-state index < -0.39 is 5.97 Å². The number of esters is 1. The molecule has 0 spiro atoms. The zero-order valence-electron chi connectivity index (χ0n) is 12.7. The van der Waals surface area contributed by atoms with Gasteiger partial charge in [0.1, 0.15) is 12.4 Å². The molecule has 122 valence electrons. The molecule has 1 heterocycles. The highest BCUT2D eigenvalue weighted by Crippen LogP contribution is 2.24. The first-order valence-corrected chi connectivity index (χ1v) is 7.41. The molecule has 0 saturated carbocycles. The van der Waals surface area contributed by atoms with Crippen molar-refractivity contribution >= 4 is 17.6 Å². The third-order valence-electron chi connectivity index (χ3n) is 3.33. The number of carbonyl (C=O) groups excluding carboxylic acids is 1. The van der Waals surface area contributed by atoms with Crippen LogP contribution in [-0.2, 0) is 11.3 Å². The lowest BCUT2D eigenvalue weighted by atomic mass is 10.1. The van der Waals surface area contributed by atoms with Gasteiger partial charge in [-0.25, -0.2) is 4.79 Å². The van der Waals surface area contributed by atoms with Crippen molar-refractivity contribution in [3.05, 3.63) is 65.0 Å². The summed E-state index contributed by atoms with van der Waals surface area (Å²) in [6, 6.07) is 11.8. The van der Waals surface area contributed by atoms with E-state index in [1.165, 1.54) is 6.39 Å². The molecule has 24 heavy (non-hydrogen) atoms. The van der Waals surface area contributed by atoms with Gasteiger partial charge < -0.3 is 13.9 Å². The van der Waals surface area contributed by atoms with Gasteiger partial charge in [0.15, 0.2) is 0 Å².